The molecule has 0 radical (unpaired) electrons. The Kier molecular flexibility index (Phi) is 8.17. The van der Waals surface area contributed by atoms with Crippen molar-refractivity contribution in [3.8, 4) is 0 Å². The van der Waals surface area contributed by atoms with Crippen molar-refractivity contribution in [2.75, 3.05) is 50.8 Å². The van der Waals surface area contributed by atoms with E-state index in [2.05, 4.69) is 4.98 Å². The lowest BCUT2D eigenvalue weighted by Gasteiger charge is -2.41. The topological polar surface area (TPSA) is 149 Å². The second-order valence-corrected chi connectivity index (χ2v) is 12.5. The Hall–Kier alpha value is -3.39. The molecular weight excluding hydrogens is 538 g/mol. The second kappa shape index (κ2) is 11.6. The summed E-state index contributed by atoms with van der Waals surface area (Å²) in [6.45, 7) is 1.87. The quantitative estimate of drug-likeness (QED) is 0.196. The lowest BCUT2D eigenvalue weighted by Crippen LogP contribution is -2.62. The number of sulfonamides is 1. The number of carbonyl (C=O) groups excluding carboxylic acids is 3. The van der Waals surface area contributed by atoms with Gasteiger partial charge in [0.15, 0.2) is 4.75 Å². The zero-order valence-electron chi connectivity index (χ0n) is 22.1. The smallest absolute Gasteiger partial charge is 0.266 e. The summed E-state index contributed by atoms with van der Waals surface area (Å²) in [5, 5.41) is 9.23. The Morgan fingerprint density at radius 3 is 2.20 bits per heavy atom. The largest absolute Gasteiger partial charge is 0.381 e. The molecule has 3 aliphatic heterocycles. The van der Waals surface area contributed by atoms with Gasteiger partial charge in [0.05, 0.1) is 11.1 Å². The van der Waals surface area contributed by atoms with Crippen LogP contribution in [0.5, 0.6) is 0 Å². The van der Waals surface area contributed by atoms with Gasteiger partial charge >= 0.3 is 0 Å². The number of aryl methyl sites for hydroxylation is 1. The minimum absolute atomic E-state index is 0.0107. The lowest BCUT2D eigenvalue weighted by molar-refractivity contribution is -0.134. The monoisotopic (exact) mass is 571 g/mol. The number of benzene rings is 1. The van der Waals surface area contributed by atoms with Crippen LogP contribution in [-0.2, 0) is 26.0 Å². The molecule has 40 heavy (non-hydrogen) atoms. The molecule has 0 unspecified atom stereocenters. The van der Waals surface area contributed by atoms with E-state index in [0.717, 1.165) is 24.2 Å². The Balaban J connectivity index is 1.11. The van der Waals surface area contributed by atoms with Crippen LogP contribution in [-0.4, -0.2) is 96.2 Å². The molecule has 2 fully saturated rings. The molecular formula is C27H33N5O7S. The number of hydroxylamine groups is 1. The molecule has 5 rings (SSSR count). The van der Waals surface area contributed by atoms with Crippen LogP contribution in [0, 0.1) is 0 Å². The Labute approximate surface area is 232 Å². The fourth-order valence-electron chi connectivity index (χ4n) is 5.60. The Morgan fingerprint density at radius 1 is 0.975 bits per heavy atom. The van der Waals surface area contributed by atoms with E-state index < -0.39 is 20.7 Å². The first-order valence-electron chi connectivity index (χ1n) is 13.5. The highest BCUT2D eigenvalue weighted by molar-refractivity contribution is 7.91. The van der Waals surface area contributed by atoms with E-state index in [9.17, 15) is 28.0 Å². The molecule has 2 saturated heterocycles. The summed E-state index contributed by atoms with van der Waals surface area (Å²) in [5.41, 5.74) is 3.50. The predicted octanol–water partition coefficient (Wildman–Crippen LogP) is 1.21. The van der Waals surface area contributed by atoms with E-state index in [4.69, 9.17) is 4.74 Å². The van der Waals surface area contributed by atoms with Crippen LogP contribution >= 0.6 is 0 Å². The summed E-state index contributed by atoms with van der Waals surface area (Å²) >= 11 is 0. The van der Waals surface area contributed by atoms with E-state index in [1.807, 2.05) is 17.0 Å². The number of imide groups is 1. The van der Waals surface area contributed by atoms with E-state index in [-0.39, 0.29) is 51.0 Å². The van der Waals surface area contributed by atoms with Gasteiger partial charge in [0, 0.05) is 65.0 Å². The van der Waals surface area contributed by atoms with Gasteiger partial charge in [-0.1, -0.05) is 18.2 Å². The average Bonchev–Trinajstić information content (AvgIpc) is 3.24. The summed E-state index contributed by atoms with van der Waals surface area (Å²) < 4.78 is 31.8. The number of fused-ring (bicyclic) bond motifs is 1. The van der Waals surface area contributed by atoms with Crippen molar-refractivity contribution in [2.45, 2.75) is 36.9 Å². The molecule has 0 bridgehead atoms. The number of anilines is 1. The van der Waals surface area contributed by atoms with E-state index >= 15 is 0 Å². The second-order valence-electron chi connectivity index (χ2n) is 10.2. The van der Waals surface area contributed by atoms with Gasteiger partial charge in [0.1, 0.15) is 5.82 Å². The number of amides is 3. The Morgan fingerprint density at radius 2 is 1.62 bits per heavy atom. The average molecular weight is 572 g/mol. The number of nitrogens with one attached hydrogen (secondary N) is 1. The van der Waals surface area contributed by atoms with Crippen LogP contribution < -0.4 is 10.4 Å². The summed E-state index contributed by atoms with van der Waals surface area (Å²) in [6.07, 6.45) is 4.00. The van der Waals surface area contributed by atoms with Crippen LogP contribution in [0.25, 0.3) is 0 Å². The molecule has 12 nitrogen and oxygen atoms in total. The van der Waals surface area contributed by atoms with Crippen LogP contribution in [0.15, 0.2) is 42.6 Å². The standard InChI is InChI=1S/C27H33N5O7S/c33-24-21-6-1-2-7-22(21)25(34)32(24)12-4-3-5-20-8-9-23(28-19-20)30-13-15-31(16-14-30)40(37,38)27(26(35)29-36)10-17-39-18-11-27/h1-2,6-9,19,36H,3-5,10-18H2,(H,29,35). The number of nitrogens with zero attached hydrogens (tertiary/aromatic N) is 4. The molecule has 0 atom stereocenters. The van der Waals surface area contributed by atoms with Gasteiger partial charge < -0.3 is 9.64 Å². The molecule has 13 heteroatoms. The van der Waals surface area contributed by atoms with E-state index in [1.165, 1.54) is 9.21 Å². The van der Waals surface area contributed by atoms with Crippen molar-refractivity contribution >= 4 is 33.6 Å². The van der Waals surface area contributed by atoms with Crippen LogP contribution in [0.3, 0.4) is 0 Å². The van der Waals surface area contributed by atoms with Crippen molar-refractivity contribution in [3.05, 3.63) is 59.3 Å². The van der Waals surface area contributed by atoms with Crippen molar-refractivity contribution in [1.29, 1.82) is 0 Å². The zero-order chi connectivity index (χ0) is 28.3. The zero-order valence-corrected chi connectivity index (χ0v) is 22.9. The maximum atomic E-state index is 13.5. The van der Waals surface area contributed by atoms with Gasteiger partial charge in [-0.2, -0.15) is 4.31 Å². The van der Waals surface area contributed by atoms with Crippen molar-refractivity contribution in [1.82, 2.24) is 19.7 Å². The molecule has 2 N–H and O–H groups in total. The number of hydrogen-bond acceptors (Lipinski definition) is 9. The fourth-order valence-corrected chi connectivity index (χ4v) is 7.70. The molecule has 0 aliphatic carbocycles. The molecule has 4 heterocycles. The molecule has 3 aliphatic rings. The molecule has 2 aromatic rings. The lowest BCUT2D eigenvalue weighted by atomic mass is 9.98. The van der Waals surface area contributed by atoms with E-state index in [0.29, 0.717) is 37.2 Å². The number of unbranched alkanes of at least 4 members (excludes halogenated alkanes) is 1. The van der Waals surface area contributed by atoms with Gasteiger partial charge in [-0.05, 0) is 43.0 Å². The van der Waals surface area contributed by atoms with Crippen molar-refractivity contribution in [2.24, 2.45) is 0 Å². The number of carbonyl (C=O) groups is 3. The number of ether oxygens (including phenoxy) is 1. The first-order chi connectivity index (χ1) is 19.3. The van der Waals surface area contributed by atoms with E-state index in [1.54, 1.807) is 35.9 Å². The van der Waals surface area contributed by atoms with Crippen molar-refractivity contribution in [3.63, 3.8) is 0 Å². The summed E-state index contributed by atoms with van der Waals surface area (Å²) in [4.78, 5) is 45.3. The summed E-state index contributed by atoms with van der Waals surface area (Å²) in [7, 11) is -4.02. The third kappa shape index (κ3) is 5.09. The minimum Gasteiger partial charge on any atom is -0.381 e. The Bertz CT molecular complexity index is 1330. The number of pyridine rings is 1. The first-order valence-corrected chi connectivity index (χ1v) is 14.9. The maximum absolute atomic E-state index is 13.5. The third-order valence-electron chi connectivity index (χ3n) is 8.00. The van der Waals surface area contributed by atoms with Crippen LogP contribution in [0.2, 0.25) is 0 Å². The molecule has 0 spiro atoms. The predicted molar refractivity (Wildman–Crippen MR) is 144 cm³/mol. The third-order valence-corrected chi connectivity index (χ3v) is 10.6. The SMILES string of the molecule is O=C1c2ccccc2C(=O)N1CCCCc1ccc(N2CCN(S(=O)(=O)C3(C(=O)NO)CCOCC3)CC2)nc1. The highest BCUT2D eigenvalue weighted by atomic mass is 32.2. The molecule has 1 aromatic carbocycles. The molecule has 214 valence electrons. The van der Waals surface area contributed by atoms with Gasteiger partial charge in [-0.3, -0.25) is 24.5 Å². The van der Waals surface area contributed by atoms with Crippen molar-refractivity contribution < 1.29 is 32.7 Å². The number of hydrogen-bond donors (Lipinski definition) is 2. The van der Waals surface area contributed by atoms with Gasteiger partial charge in [-0.15, -0.1) is 0 Å². The minimum atomic E-state index is -4.02. The molecule has 1 aromatic heterocycles. The maximum Gasteiger partial charge on any atom is 0.266 e. The molecule has 0 saturated carbocycles. The fraction of sp³-hybridized carbons (Fsp3) is 0.481. The highest BCUT2D eigenvalue weighted by Gasteiger charge is 2.54. The summed E-state index contributed by atoms with van der Waals surface area (Å²) in [6, 6.07) is 10.8. The van der Waals surface area contributed by atoms with Crippen LogP contribution in [0.4, 0.5) is 5.82 Å². The highest BCUT2D eigenvalue weighted by Crippen LogP contribution is 2.33. The normalized spacial score (nSPS) is 19.5. The first kappa shape index (κ1) is 28.1. The van der Waals surface area contributed by atoms with Gasteiger partial charge in [0.25, 0.3) is 17.7 Å². The van der Waals surface area contributed by atoms with Gasteiger partial charge in [0.2, 0.25) is 10.0 Å². The molecule has 3 amide bonds. The number of piperazine rings is 1. The number of rotatable bonds is 9. The van der Waals surface area contributed by atoms with Gasteiger partial charge in [-0.25, -0.2) is 18.9 Å². The number of aromatic nitrogens is 1. The van der Waals surface area contributed by atoms with Crippen LogP contribution in [0.1, 0.15) is 52.0 Å². The summed E-state index contributed by atoms with van der Waals surface area (Å²) in [5.74, 6) is -0.655.